The molecule has 2 N–H and O–H groups in total. The van der Waals surface area contributed by atoms with Crippen LogP contribution >= 0.6 is 7.82 Å². The molecule has 94 valence electrons. The minimum absolute atomic E-state index is 0.316. The van der Waals surface area contributed by atoms with E-state index in [1.165, 1.54) is 0 Å². The number of phosphoric acid groups is 1. The van der Waals surface area contributed by atoms with Gasteiger partial charge in [-0.25, -0.2) is 9.36 Å². The van der Waals surface area contributed by atoms with E-state index in [9.17, 15) is 9.36 Å². The zero-order valence-corrected chi connectivity index (χ0v) is 10.1. The molecule has 16 heavy (non-hydrogen) atoms. The van der Waals surface area contributed by atoms with Gasteiger partial charge in [0.2, 0.25) is 0 Å². The molecule has 0 aromatic rings. The van der Waals surface area contributed by atoms with Gasteiger partial charge in [-0.15, -0.1) is 0 Å². The Hall–Kier alpha value is -0.680. The maximum absolute atomic E-state index is 10.9. The lowest BCUT2D eigenvalue weighted by Crippen LogP contribution is -2.22. The summed E-state index contributed by atoms with van der Waals surface area (Å²) < 4.78 is 19.6. The fourth-order valence-electron chi connectivity index (χ4n) is 1.00. The molecule has 0 aromatic carbocycles. The van der Waals surface area contributed by atoms with Crippen molar-refractivity contribution in [3.8, 4) is 0 Å². The van der Waals surface area contributed by atoms with Crippen molar-refractivity contribution in [2.75, 3.05) is 6.61 Å². The Morgan fingerprint density at radius 1 is 1.56 bits per heavy atom. The predicted molar refractivity (Wildman–Crippen MR) is 57.6 cm³/mol. The highest BCUT2D eigenvalue weighted by Crippen LogP contribution is 2.36. The number of phosphoric ester groups is 1. The molecule has 1 atom stereocenters. The molecule has 0 saturated heterocycles. The standard InChI is InChI=1S/C9H17O6P/c1-3-5-6-8(15-9(10)4-2)7-14-16(11,12)13/h4,8H,2-3,5-7H2,1H3,(H2,11,12,13). The van der Waals surface area contributed by atoms with Gasteiger partial charge in [0, 0.05) is 6.08 Å². The smallest absolute Gasteiger partial charge is 0.457 e. The zero-order valence-electron chi connectivity index (χ0n) is 9.16. The van der Waals surface area contributed by atoms with Crippen LogP contribution in [0.3, 0.4) is 0 Å². The van der Waals surface area contributed by atoms with Crippen LogP contribution in [0.2, 0.25) is 0 Å². The van der Waals surface area contributed by atoms with Gasteiger partial charge in [-0.1, -0.05) is 19.9 Å². The van der Waals surface area contributed by atoms with Crippen LogP contribution in [0.25, 0.3) is 0 Å². The second-order valence-corrected chi connectivity index (χ2v) is 4.43. The Kier molecular flexibility index (Phi) is 7.25. The van der Waals surface area contributed by atoms with Crippen molar-refractivity contribution in [2.24, 2.45) is 0 Å². The molecule has 0 aliphatic carbocycles. The van der Waals surface area contributed by atoms with Gasteiger partial charge < -0.3 is 14.5 Å². The molecule has 0 amide bonds. The molecule has 1 unspecified atom stereocenters. The number of esters is 1. The van der Waals surface area contributed by atoms with Gasteiger partial charge in [-0.05, 0) is 12.8 Å². The summed E-state index contributed by atoms with van der Waals surface area (Å²) in [7, 11) is -4.52. The highest BCUT2D eigenvalue weighted by atomic mass is 31.2. The second kappa shape index (κ2) is 7.57. The van der Waals surface area contributed by atoms with Crippen LogP contribution in [0.15, 0.2) is 12.7 Å². The van der Waals surface area contributed by atoms with Crippen molar-refractivity contribution >= 4 is 13.8 Å². The summed E-state index contributed by atoms with van der Waals surface area (Å²) in [5, 5.41) is 0. The minimum Gasteiger partial charge on any atom is -0.457 e. The molecule has 6 nitrogen and oxygen atoms in total. The van der Waals surface area contributed by atoms with Crippen LogP contribution in [0, 0.1) is 0 Å². The van der Waals surface area contributed by atoms with Crippen molar-refractivity contribution in [2.45, 2.75) is 32.3 Å². The Morgan fingerprint density at radius 3 is 2.62 bits per heavy atom. The fraction of sp³-hybridized carbons (Fsp3) is 0.667. The van der Waals surface area contributed by atoms with E-state index in [2.05, 4.69) is 11.1 Å². The maximum atomic E-state index is 10.9. The van der Waals surface area contributed by atoms with Gasteiger partial charge in [0.1, 0.15) is 6.10 Å². The normalized spacial score (nSPS) is 13.2. The SMILES string of the molecule is C=CC(=O)OC(CCCC)COP(=O)(O)O. The molecule has 0 fully saturated rings. The van der Waals surface area contributed by atoms with Crippen LogP contribution < -0.4 is 0 Å². The number of carbonyl (C=O) groups is 1. The van der Waals surface area contributed by atoms with Crippen LogP contribution in [-0.2, 0) is 18.6 Å². The number of carbonyl (C=O) groups excluding carboxylic acids is 1. The molecule has 0 aliphatic rings. The first-order valence-electron chi connectivity index (χ1n) is 4.92. The van der Waals surface area contributed by atoms with Crippen LogP contribution in [0.4, 0.5) is 0 Å². The van der Waals surface area contributed by atoms with E-state index in [0.717, 1.165) is 18.9 Å². The first-order valence-corrected chi connectivity index (χ1v) is 6.45. The van der Waals surface area contributed by atoms with Crippen LogP contribution in [0.5, 0.6) is 0 Å². The van der Waals surface area contributed by atoms with Gasteiger partial charge in [-0.3, -0.25) is 4.52 Å². The Balaban J connectivity index is 4.14. The molecule has 0 aromatic heterocycles. The number of rotatable bonds is 8. The van der Waals surface area contributed by atoms with Gasteiger partial charge >= 0.3 is 13.8 Å². The minimum atomic E-state index is -4.52. The zero-order chi connectivity index (χ0) is 12.6. The molecule has 0 saturated carbocycles. The maximum Gasteiger partial charge on any atom is 0.469 e. The van der Waals surface area contributed by atoms with Gasteiger partial charge in [-0.2, -0.15) is 0 Å². The third-order valence-corrected chi connectivity index (χ3v) is 2.24. The van der Waals surface area contributed by atoms with E-state index in [-0.39, 0.29) is 6.61 Å². The monoisotopic (exact) mass is 252 g/mol. The third-order valence-electron chi connectivity index (χ3n) is 1.76. The average Bonchev–Trinajstić information content (AvgIpc) is 2.20. The van der Waals surface area contributed by atoms with Gasteiger partial charge in [0.15, 0.2) is 0 Å². The van der Waals surface area contributed by atoms with Gasteiger partial charge in [0.25, 0.3) is 0 Å². The summed E-state index contributed by atoms with van der Waals surface area (Å²) in [4.78, 5) is 27.9. The van der Waals surface area contributed by atoms with Crippen molar-refractivity contribution in [3.05, 3.63) is 12.7 Å². The van der Waals surface area contributed by atoms with E-state index >= 15 is 0 Å². The highest BCUT2D eigenvalue weighted by Gasteiger charge is 2.20. The van der Waals surface area contributed by atoms with Gasteiger partial charge in [0.05, 0.1) is 6.61 Å². The van der Waals surface area contributed by atoms with Crippen molar-refractivity contribution in [1.82, 2.24) is 0 Å². The lowest BCUT2D eigenvalue weighted by Gasteiger charge is -2.16. The Morgan fingerprint density at radius 2 is 2.19 bits per heavy atom. The summed E-state index contributed by atoms with van der Waals surface area (Å²) >= 11 is 0. The molecular formula is C9H17O6P. The van der Waals surface area contributed by atoms with Crippen LogP contribution in [0.1, 0.15) is 26.2 Å². The van der Waals surface area contributed by atoms with E-state index in [1.54, 1.807) is 0 Å². The summed E-state index contributed by atoms with van der Waals surface area (Å²) in [5.74, 6) is -0.629. The Labute approximate surface area is 94.5 Å². The van der Waals surface area contributed by atoms with Crippen molar-refractivity contribution in [1.29, 1.82) is 0 Å². The van der Waals surface area contributed by atoms with Crippen LogP contribution in [-0.4, -0.2) is 28.5 Å². The number of hydrogen-bond acceptors (Lipinski definition) is 4. The highest BCUT2D eigenvalue weighted by molar-refractivity contribution is 7.46. The first-order chi connectivity index (χ1) is 7.39. The average molecular weight is 252 g/mol. The molecule has 0 aliphatic heterocycles. The molecule has 0 spiro atoms. The number of unbranched alkanes of at least 4 members (excludes halogenated alkanes) is 1. The van der Waals surface area contributed by atoms with E-state index in [0.29, 0.717) is 6.42 Å². The molecule has 0 bridgehead atoms. The molecule has 0 rings (SSSR count). The van der Waals surface area contributed by atoms with E-state index in [1.807, 2.05) is 6.92 Å². The quantitative estimate of drug-likeness (QED) is 0.385. The lowest BCUT2D eigenvalue weighted by molar-refractivity contribution is -0.145. The summed E-state index contributed by atoms with van der Waals surface area (Å²) in [6, 6.07) is 0. The lowest BCUT2D eigenvalue weighted by atomic mass is 10.2. The largest absolute Gasteiger partial charge is 0.469 e. The van der Waals surface area contributed by atoms with E-state index < -0.39 is 19.9 Å². The van der Waals surface area contributed by atoms with Crippen molar-refractivity contribution < 1.29 is 28.4 Å². The molecule has 0 radical (unpaired) electrons. The summed E-state index contributed by atoms with van der Waals surface area (Å²) in [5.41, 5.74) is 0. The molecule has 0 heterocycles. The topological polar surface area (TPSA) is 93.1 Å². The Bertz CT molecular complexity index is 271. The van der Waals surface area contributed by atoms with Crippen molar-refractivity contribution in [3.63, 3.8) is 0 Å². The molecular weight excluding hydrogens is 235 g/mol. The second-order valence-electron chi connectivity index (χ2n) is 3.19. The number of hydrogen-bond donors (Lipinski definition) is 2. The third kappa shape index (κ3) is 8.61. The predicted octanol–water partition coefficient (Wildman–Crippen LogP) is 1.38. The van der Waals surface area contributed by atoms with E-state index in [4.69, 9.17) is 14.5 Å². The first kappa shape index (κ1) is 15.3. The number of ether oxygens (including phenoxy) is 1. The fourth-order valence-corrected chi connectivity index (χ4v) is 1.36. The molecule has 7 heteroatoms. The summed E-state index contributed by atoms with van der Waals surface area (Å²) in [6.45, 7) is 4.87. The summed E-state index contributed by atoms with van der Waals surface area (Å²) in [6.07, 6.45) is 2.50.